The van der Waals surface area contributed by atoms with Crippen LogP contribution in [0.2, 0.25) is 0 Å². The zero-order valence-corrected chi connectivity index (χ0v) is 14.5. The lowest BCUT2D eigenvalue weighted by atomic mass is 10.2. The largest absolute Gasteiger partial charge is 0.340 e. The number of carbonyl (C=O) groups is 1. The highest BCUT2D eigenvalue weighted by atomic mass is 32.2. The highest BCUT2D eigenvalue weighted by Gasteiger charge is 2.27. The number of carbonyl (C=O) groups excluding carboxylic acids is 1. The van der Waals surface area contributed by atoms with E-state index in [1.54, 1.807) is 4.90 Å². The maximum atomic E-state index is 12.3. The number of amides is 1. The monoisotopic (exact) mass is 329 g/mol. The molecule has 0 saturated heterocycles. The Morgan fingerprint density at radius 2 is 2.09 bits per heavy atom. The van der Waals surface area contributed by atoms with Crippen molar-refractivity contribution in [3.63, 3.8) is 0 Å². The lowest BCUT2D eigenvalue weighted by Crippen LogP contribution is -2.28. The summed E-state index contributed by atoms with van der Waals surface area (Å²) in [6, 6.07) is 10.5. The van der Waals surface area contributed by atoms with Gasteiger partial charge in [0.15, 0.2) is 0 Å². The Balaban J connectivity index is 1.42. The van der Waals surface area contributed by atoms with E-state index < -0.39 is 0 Å². The molecule has 3 rings (SSSR count). The number of benzene rings is 1. The molecule has 4 nitrogen and oxygen atoms in total. The summed E-state index contributed by atoms with van der Waals surface area (Å²) in [7, 11) is 1.85. The van der Waals surface area contributed by atoms with Gasteiger partial charge < -0.3 is 4.90 Å². The van der Waals surface area contributed by atoms with Crippen LogP contribution in [0.3, 0.4) is 0 Å². The topological polar surface area (TPSA) is 49.0 Å². The Morgan fingerprint density at radius 3 is 2.78 bits per heavy atom. The summed E-state index contributed by atoms with van der Waals surface area (Å²) < 4.78 is 0. The van der Waals surface area contributed by atoms with E-state index in [1.807, 2.05) is 24.9 Å². The van der Waals surface area contributed by atoms with Crippen molar-refractivity contribution in [1.29, 1.82) is 0 Å². The van der Waals surface area contributed by atoms with Gasteiger partial charge in [-0.1, -0.05) is 17.7 Å². The van der Waals surface area contributed by atoms with E-state index in [0.717, 1.165) is 24.4 Å². The minimum atomic E-state index is 0.00786. The van der Waals surface area contributed by atoms with Crippen LogP contribution in [-0.2, 0) is 0 Å². The van der Waals surface area contributed by atoms with Crippen molar-refractivity contribution in [2.75, 3.05) is 19.3 Å². The van der Waals surface area contributed by atoms with E-state index in [1.165, 1.54) is 23.3 Å². The standard InChI is InChI=1S/C18H23N3OS/c1-13-4-8-15(9-5-13)23-11-3-10-21(2)18(22)17-12-16(19-20-17)14-6-7-14/h4-5,8-9,12,14H,3,6-7,10-11H2,1-2H3,(H,19,20). The van der Waals surface area contributed by atoms with Crippen molar-refractivity contribution < 1.29 is 4.79 Å². The first-order valence-electron chi connectivity index (χ1n) is 8.14. The van der Waals surface area contributed by atoms with Crippen LogP contribution in [-0.4, -0.2) is 40.3 Å². The van der Waals surface area contributed by atoms with E-state index in [-0.39, 0.29) is 5.91 Å². The minimum Gasteiger partial charge on any atom is -0.340 e. The van der Waals surface area contributed by atoms with Crippen LogP contribution in [0.4, 0.5) is 0 Å². The predicted molar refractivity (Wildman–Crippen MR) is 94.0 cm³/mol. The van der Waals surface area contributed by atoms with Crippen molar-refractivity contribution in [2.45, 2.75) is 37.0 Å². The van der Waals surface area contributed by atoms with Gasteiger partial charge in [0.1, 0.15) is 5.69 Å². The summed E-state index contributed by atoms with van der Waals surface area (Å²) >= 11 is 1.84. The van der Waals surface area contributed by atoms with Crippen molar-refractivity contribution >= 4 is 17.7 Å². The number of hydrogen-bond acceptors (Lipinski definition) is 3. The van der Waals surface area contributed by atoms with E-state index >= 15 is 0 Å². The number of thioether (sulfide) groups is 1. The molecule has 0 atom stereocenters. The second-order valence-electron chi connectivity index (χ2n) is 6.22. The summed E-state index contributed by atoms with van der Waals surface area (Å²) in [4.78, 5) is 15.4. The molecule has 1 amide bonds. The summed E-state index contributed by atoms with van der Waals surface area (Å²) in [5, 5.41) is 7.16. The van der Waals surface area contributed by atoms with Crippen molar-refractivity contribution in [1.82, 2.24) is 15.1 Å². The molecule has 0 bridgehead atoms. The molecule has 1 saturated carbocycles. The molecular formula is C18H23N3OS. The lowest BCUT2D eigenvalue weighted by molar-refractivity contribution is 0.0789. The second kappa shape index (κ2) is 7.21. The Morgan fingerprint density at radius 1 is 1.35 bits per heavy atom. The highest BCUT2D eigenvalue weighted by Crippen LogP contribution is 2.39. The fourth-order valence-corrected chi connectivity index (χ4v) is 3.31. The lowest BCUT2D eigenvalue weighted by Gasteiger charge is -2.15. The zero-order valence-electron chi connectivity index (χ0n) is 13.7. The normalized spacial score (nSPS) is 14.0. The summed E-state index contributed by atoms with van der Waals surface area (Å²) in [5.41, 5.74) is 2.93. The molecule has 0 aliphatic heterocycles. The number of nitrogens with zero attached hydrogens (tertiary/aromatic N) is 2. The Kier molecular flexibility index (Phi) is 5.06. The molecule has 0 unspecified atom stereocenters. The minimum absolute atomic E-state index is 0.00786. The first kappa shape index (κ1) is 16.1. The third kappa shape index (κ3) is 4.38. The number of aromatic amines is 1. The number of rotatable bonds is 7. The van der Waals surface area contributed by atoms with Gasteiger partial charge in [0.25, 0.3) is 5.91 Å². The highest BCUT2D eigenvalue weighted by molar-refractivity contribution is 7.99. The molecule has 5 heteroatoms. The van der Waals surface area contributed by atoms with Crippen molar-refractivity contribution in [3.8, 4) is 0 Å². The third-order valence-electron chi connectivity index (χ3n) is 4.11. The summed E-state index contributed by atoms with van der Waals surface area (Å²) in [6.07, 6.45) is 3.39. The SMILES string of the molecule is Cc1ccc(SCCCN(C)C(=O)c2cc(C3CC3)[nH]n2)cc1. The third-order valence-corrected chi connectivity index (χ3v) is 5.21. The molecule has 1 heterocycles. The molecule has 1 N–H and O–H groups in total. The molecule has 1 fully saturated rings. The Bertz CT molecular complexity index is 661. The summed E-state index contributed by atoms with van der Waals surface area (Å²) in [6.45, 7) is 2.85. The quantitative estimate of drug-likeness (QED) is 0.620. The van der Waals surface area contributed by atoms with Gasteiger partial charge in [-0.2, -0.15) is 5.10 Å². The van der Waals surface area contributed by atoms with E-state index in [0.29, 0.717) is 11.6 Å². The smallest absolute Gasteiger partial charge is 0.274 e. The van der Waals surface area contributed by atoms with Crippen LogP contribution in [0, 0.1) is 6.92 Å². The van der Waals surface area contributed by atoms with Crippen molar-refractivity contribution in [2.24, 2.45) is 0 Å². The van der Waals surface area contributed by atoms with E-state index in [4.69, 9.17) is 0 Å². The van der Waals surface area contributed by atoms with Crippen LogP contribution in [0.5, 0.6) is 0 Å². The van der Waals surface area contributed by atoms with Crippen LogP contribution >= 0.6 is 11.8 Å². The molecule has 23 heavy (non-hydrogen) atoms. The summed E-state index contributed by atoms with van der Waals surface area (Å²) in [5.74, 6) is 1.61. The second-order valence-corrected chi connectivity index (χ2v) is 7.39. The fourth-order valence-electron chi connectivity index (χ4n) is 2.47. The Labute approximate surface area is 141 Å². The average molecular weight is 329 g/mol. The van der Waals surface area contributed by atoms with Crippen LogP contribution in [0.15, 0.2) is 35.2 Å². The van der Waals surface area contributed by atoms with E-state index in [9.17, 15) is 4.79 Å². The molecule has 0 radical (unpaired) electrons. The van der Waals surface area contributed by atoms with Gasteiger partial charge in [-0.05, 0) is 50.1 Å². The van der Waals surface area contributed by atoms with E-state index in [2.05, 4.69) is 41.4 Å². The van der Waals surface area contributed by atoms with Gasteiger partial charge in [-0.15, -0.1) is 11.8 Å². The molecule has 122 valence electrons. The molecule has 1 aliphatic carbocycles. The molecular weight excluding hydrogens is 306 g/mol. The molecule has 1 aromatic heterocycles. The maximum absolute atomic E-state index is 12.3. The maximum Gasteiger partial charge on any atom is 0.274 e. The number of aromatic nitrogens is 2. The number of hydrogen-bond donors (Lipinski definition) is 1. The molecule has 2 aromatic rings. The van der Waals surface area contributed by atoms with Crippen LogP contribution in [0.1, 0.15) is 46.9 Å². The Hall–Kier alpha value is -1.75. The first-order valence-corrected chi connectivity index (χ1v) is 9.12. The van der Waals surface area contributed by atoms with Gasteiger partial charge >= 0.3 is 0 Å². The fraction of sp³-hybridized carbons (Fsp3) is 0.444. The molecule has 0 spiro atoms. The number of aryl methyl sites for hydroxylation is 1. The number of H-pyrrole nitrogens is 1. The van der Waals surface area contributed by atoms with Crippen LogP contribution < -0.4 is 0 Å². The van der Waals surface area contributed by atoms with Gasteiger partial charge in [0.05, 0.1) is 0 Å². The van der Waals surface area contributed by atoms with Gasteiger partial charge in [0.2, 0.25) is 0 Å². The van der Waals surface area contributed by atoms with Gasteiger partial charge in [-0.3, -0.25) is 9.89 Å². The molecule has 1 aromatic carbocycles. The predicted octanol–water partition coefficient (Wildman–Crippen LogP) is 3.85. The van der Waals surface area contributed by atoms with Crippen molar-refractivity contribution in [3.05, 3.63) is 47.3 Å². The molecule has 1 aliphatic rings. The first-order chi connectivity index (χ1) is 11.1. The average Bonchev–Trinajstić information content (AvgIpc) is 3.29. The van der Waals surface area contributed by atoms with Gasteiger partial charge in [-0.25, -0.2) is 0 Å². The van der Waals surface area contributed by atoms with Gasteiger partial charge in [0, 0.05) is 30.1 Å². The zero-order chi connectivity index (χ0) is 16.2. The van der Waals surface area contributed by atoms with Crippen LogP contribution in [0.25, 0.3) is 0 Å². The number of nitrogens with one attached hydrogen (secondary N) is 1.